The lowest BCUT2D eigenvalue weighted by Crippen LogP contribution is -2.35. The van der Waals surface area contributed by atoms with Crippen LogP contribution in [0.1, 0.15) is 13.8 Å². The van der Waals surface area contributed by atoms with E-state index in [1.165, 1.54) is 0 Å². The summed E-state index contributed by atoms with van der Waals surface area (Å²) in [7, 11) is 1.79. The van der Waals surface area contributed by atoms with Gasteiger partial charge in [0.05, 0.1) is 19.3 Å². The monoisotopic (exact) mass is 250 g/mol. The number of carbonyl (C=O) groups is 1. The first-order valence-electron chi connectivity index (χ1n) is 6.24. The summed E-state index contributed by atoms with van der Waals surface area (Å²) in [6.07, 6.45) is 0.205. The molecule has 4 nitrogen and oxygen atoms in total. The molecule has 0 unspecified atom stereocenters. The van der Waals surface area contributed by atoms with E-state index >= 15 is 0 Å². The Hall–Kier alpha value is -1.55. The molecule has 1 amide bonds. The van der Waals surface area contributed by atoms with Crippen molar-refractivity contribution in [3.05, 3.63) is 30.3 Å². The second-order valence-corrected chi connectivity index (χ2v) is 4.45. The van der Waals surface area contributed by atoms with Gasteiger partial charge in [0.15, 0.2) is 0 Å². The van der Waals surface area contributed by atoms with Gasteiger partial charge in [-0.15, -0.1) is 0 Å². The van der Waals surface area contributed by atoms with Gasteiger partial charge in [0.25, 0.3) is 0 Å². The van der Waals surface area contributed by atoms with Gasteiger partial charge in [-0.3, -0.25) is 4.79 Å². The van der Waals surface area contributed by atoms with Crippen molar-refractivity contribution in [2.24, 2.45) is 0 Å². The van der Waals surface area contributed by atoms with Crippen LogP contribution in [0, 0.1) is 0 Å². The van der Waals surface area contributed by atoms with Crippen molar-refractivity contribution in [2.75, 3.05) is 32.1 Å². The topological polar surface area (TPSA) is 41.6 Å². The van der Waals surface area contributed by atoms with E-state index in [-0.39, 0.29) is 12.0 Å². The van der Waals surface area contributed by atoms with E-state index < -0.39 is 0 Å². The van der Waals surface area contributed by atoms with Gasteiger partial charge in [0, 0.05) is 19.3 Å². The van der Waals surface area contributed by atoms with Gasteiger partial charge < -0.3 is 15.0 Å². The van der Waals surface area contributed by atoms with E-state index in [1.807, 2.05) is 44.2 Å². The average Bonchev–Trinajstić information content (AvgIpc) is 2.36. The van der Waals surface area contributed by atoms with Crippen LogP contribution >= 0.6 is 0 Å². The van der Waals surface area contributed by atoms with Crippen LogP contribution in [0.15, 0.2) is 30.3 Å². The number of likely N-dealkylation sites (N-methyl/N-ethyl adjacent to an activating group) is 1. The van der Waals surface area contributed by atoms with Crippen LogP contribution in [0.25, 0.3) is 0 Å². The number of anilines is 1. The average molecular weight is 250 g/mol. The maximum atomic E-state index is 11.8. The fraction of sp³-hybridized carbons (Fsp3) is 0.500. The summed E-state index contributed by atoms with van der Waals surface area (Å²) in [5, 5.41) is 3.09. The van der Waals surface area contributed by atoms with Crippen molar-refractivity contribution in [3.63, 3.8) is 0 Å². The predicted molar refractivity (Wildman–Crippen MR) is 73.7 cm³/mol. The molecule has 0 radical (unpaired) electrons. The van der Waals surface area contributed by atoms with E-state index in [4.69, 9.17) is 4.74 Å². The number of nitrogens with zero attached hydrogens (tertiary/aromatic N) is 1. The summed E-state index contributed by atoms with van der Waals surface area (Å²) in [6.45, 7) is 5.47. The first-order chi connectivity index (χ1) is 8.59. The second kappa shape index (κ2) is 7.71. The third kappa shape index (κ3) is 5.68. The second-order valence-electron chi connectivity index (χ2n) is 4.45. The molecule has 0 saturated heterocycles. The Balaban J connectivity index is 2.23. The Bertz CT molecular complexity index is 352. The molecule has 0 atom stereocenters. The van der Waals surface area contributed by atoms with Crippen molar-refractivity contribution in [1.29, 1.82) is 0 Å². The number of carbonyl (C=O) groups excluding carboxylic acids is 1. The zero-order chi connectivity index (χ0) is 13.4. The number of rotatable bonds is 7. The number of para-hydroxylation sites is 1. The summed E-state index contributed by atoms with van der Waals surface area (Å²) < 4.78 is 5.41. The fourth-order valence-electron chi connectivity index (χ4n) is 1.42. The normalized spacial score (nSPS) is 10.4. The molecule has 0 heterocycles. The summed E-state index contributed by atoms with van der Waals surface area (Å²) in [6, 6.07) is 9.70. The minimum Gasteiger partial charge on any atom is -0.377 e. The molecule has 0 aliphatic rings. The molecule has 1 N–H and O–H groups in total. The summed E-state index contributed by atoms with van der Waals surface area (Å²) in [5.41, 5.74) is 0.956. The van der Waals surface area contributed by atoms with Crippen LogP contribution in [-0.2, 0) is 9.53 Å². The Morgan fingerprint density at radius 3 is 2.61 bits per heavy atom. The smallest absolute Gasteiger partial charge is 0.241 e. The number of hydrogen-bond donors (Lipinski definition) is 1. The van der Waals surface area contributed by atoms with Crippen LogP contribution in [0.5, 0.6) is 0 Å². The van der Waals surface area contributed by atoms with Crippen molar-refractivity contribution < 1.29 is 9.53 Å². The van der Waals surface area contributed by atoms with Gasteiger partial charge >= 0.3 is 0 Å². The predicted octanol–water partition coefficient (Wildman–Crippen LogP) is 1.98. The number of nitrogens with one attached hydrogen (secondary N) is 1. The van der Waals surface area contributed by atoms with Gasteiger partial charge in [0.1, 0.15) is 0 Å². The number of benzene rings is 1. The summed E-state index contributed by atoms with van der Waals surface area (Å²) in [5.74, 6) is 0.0613. The van der Waals surface area contributed by atoms with Gasteiger partial charge in [-0.25, -0.2) is 0 Å². The zero-order valence-corrected chi connectivity index (χ0v) is 11.3. The lowest BCUT2D eigenvalue weighted by molar-refractivity contribution is -0.128. The van der Waals surface area contributed by atoms with Crippen molar-refractivity contribution >= 4 is 11.6 Å². The Kier molecular flexibility index (Phi) is 6.22. The maximum absolute atomic E-state index is 11.8. The van der Waals surface area contributed by atoms with Crippen molar-refractivity contribution in [3.8, 4) is 0 Å². The summed E-state index contributed by atoms with van der Waals surface area (Å²) in [4.78, 5) is 13.5. The highest BCUT2D eigenvalue weighted by Gasteiger charge is 2.08. The molecule has 0 aromatic heterocycles. The maximum Gasteiger partial charge on any atom is 0.241 e. The van der Waals surface area contributed by atoms with Crippen LogP contribution in [0.4, 0.5) is 5.69 Å². The van der Waals surface area contributed by atoms with Gasteiger partial charge in [-0.2, -0.15) is 0 Å². The fourth-order valence-corrected chi connectivity index (χ4v) is 1.42. The number of amides is 1. The van der Waals surface area contributed by atoms with E-state index in [1.54, 1.807) is 11.9 Å². The molecule has 0 bridgehead atoms. The molecular formula is C14H22N2O2. The van der Waals surface area contributed by atoms with Gasteiger partial charge in [-0.05, 0) is 26.0 Å². The highest BCUT2D eigenvalue weighted by atomic mass is 16.5. The minimum atomic E-state index is 0.0613. The minimum absolute atomic E-state index is 0.0613. The summed E-state index contributed by atoms with van der Waals surface area (Å²) >= 11 is 0. The Morgan fingerprint density at radius 1 is 1.33 bits per heavy atom. The van der Waals surface area contributed by atoms with Crippen LogP contribution < -0.4 is 5.32 Å². The van der Waals surface area contributed by atoms with Crippen molar-refractivity contribution in [1.82, 2.24) is 4.90 Å². The molecule has 1 aromatic carbocycles. The quantitative estimate of drug-likeness (QED) is 0.804. The van der Waals surface area contributed by atoms with E-state index in [9.17, 15) is 4.79 Å². The Morgan fingerprint density at radius 2 is 2.00 bits per heavy atom. The lowest BCUT2D eigenvalue weighted by Gasteiger charge is -2.18. The highest BCUT2D eigenvalue weighted by molar-refractivity contribution is 5.80. The van der Waals surface area contributed by atoms with Crippen LogP contribution in [0.2, 0.25) is 0 Å². The zero-order valence-electron chi connectivity index (χ0n) is 11.3. The van der Waals surface area contributed by atoms with E-state index in [0.717, 1.165) is 5.69 Å². The molecule has 4 heteroatoms. The van der Waals surface area contributed by atoms with Gasteiger partial charge in [-0.1, -0.05) is 18.2 Å². The molecule has 0 aliphatic heterocycles. The molecule has 0 aliphatic carbocycles. The molecular weight excluding hydrogens is 228 g/mol. The molecule has 100 valence electrons. The molecule has 1 aromatic rings. The number of ether oxygens (including phenoxy) is 1. The van der Waals surface area contributed by atoms with Crippen molar-refractivity contribution in [2.45, 2.75) is 20.0 Å². The Labute approximate surface area is 109 Å². The highest BCUT2D eigenvalue weighted by Crippen LogP contribution is 2.04. The van der Waals surface area contributed by atoms with E-state index in [2.05, 4.69) is 5.32 Å². The molecule has 1 rings (SSSR count). The third-order valence-corrected chi connectivity index (χ3v) is 2.52. The number of hydrogen-bond acceptors (Lipinski definition) is 3. The van der Waals surface area contributed by atoms with Crippen LogP contribution in [-0.4, -0.2) is 43.7 Å². The first kappa shape index (κ1) is 14.5. The first-order valence-corrected chi connectivity index (χ1v) is 6.24. The molecule has 0 saturated carbocycles. The standard InChI is InChI=1S/C14H22N2O2/c1-12(2)18-10-9-16(3)14(17)11-15-13-7-5-4-6-8-13/h4-8,12,15H,9-11H2,1-3H3. The molecule has 18 heavy (non-hydrogen) atoms. The largest absolute Gasteiger partial charge is 0.377 e. The SMILES string of the molecule is CC(C)OCCN(C)C(=O)CNc1ccccc1. The molecule has 0 fully saturated rings. The van der Waals surface area contributed by atoms with E-state index in [0.29, 0.717) is 19.7 Å². The van der Waals surface area contributed by atoms with Crippen LogP contribution in [0.3, 0.4) is 0 Å². The van der Waals surface area contributed by atoms with Gasteiger partial charge in [0.2, 0.25) is 5.91 Å². The molecule has 0 spiro atoms. The third-order valence-electron chi connectivity index (χ3n) is 2.52. The lowest BCUT2D eigenvalue weighted by atomic mass is 10.3.